The molecular formula is C16H11Cl2N. The van der Waals surface area contributed by atoms with E-state index >= 15 is 0 Å². The second-order valence-electron chi connectivity index (χ2n) is 4.47. The summed E-state index contributed by atoms with van der Waals surface area (Å²) in [6.07, 6.45) is 0. The van der Waals surface area contributed by atoms with Crippen molar-refractivity contribution in [1.82, 2.24) is 4.98 Å². The predicted molar refractivity (Wildman–Crippen MR) is 81.9 cm³/mol. The summed E-state index contributed by atoms with van der Waals surface area (Å²) in [7, 11) is 0. The van der Waals surface area contributed by atoms with Gasteiger partial charge in [-0.05, 0) is 42.6 Å². The highest BCUT2D eigenvalue weighted by Gasteiger charge is 2.05. The van der Waals surface area contributed by atoms with Gasteiger partial charge in [-0.1, -0.05) is 41.4 Å². The Morgan fingerprint density at radius 2 is 1.53 bits per heavy atom. The highest BCUT2D eigenvalue weighted by Crippen LogP contribution is 2.27. The number of nitrogens with zero attached hydrogens (tertiary/aromatic N) is 1. The van der Waals surface area contributed by atoms with Gasteiger partial charge in [-0.15, -0.1) is 0 Å². The molecule has 0 N–H and O–H groups in total. The molecule has 3 rings (SSSR count). The van der Waals surface area contributed by atoms with Crippen LogP contribution in [0.4, 0.5) is 0 Å². The molecule has 19 heavy (non-hydrogen) atoms. The minimum atomic E-state index is 0.726. The van der Waals surface area contributed by atoms with Crippen molar-refractivity contribution < 1.29 is 0 Å². The second kappa shape index (κ2) is 4.84. The predicted octanol–water partition coefficient (Wildman–Crippen LogP) is 5.52. The van der Waals surface area contributed by atoms with Crippen LogP contribution in [-0.4, -0.2) is 4.98 Å². The average Bonchev–Trinajstić information content (AvgIpc) is 2.38. The number of hydrogen-bond donors (Lipinski definition) is 0. The van der Waals surface area contributed by atoms with Gasteiger partial charge < -0.3 is 0 Å². The molecule has 0 saturated heterocycles. The van der Waals surface area contributed by atoms with Crippen LogP contribution in [-0.2, 0) is 0 Å². The SMILES string of the molecule is Cc1nc(-c2ccc(Cl)cc2)cc2cc(Cl)ccc12. The summed E-state index contributed by atoms with van der Waals surface area (Å²) in [5.41, 5.74) is 2.98. The molecular weight excluding hydrogens is 277 g/mol. The van der Waals surface area contributed by atoms with Gasteiger partial charge in [0.25, 0.3) is 0 Å². The van der Waals surface area contributed by atoms with Crippen LogP contribution in [0, 0.1) is 6.92 Å². The Bertz CT molecular complexity index is 749. The molecule has 0 aliphatic heterocycles. The average molecular weight is 288 g/mol. The van der Waals surface area contributed by atoms with Gasteiger partial charge in [0.05, 0.1) is 5.69 Å². The minimum absolute atomic E-state index is 0.726. The maximum absolute atomic E-state index is 6.05. The zero-order valence-corrected chi connectivity index (χ0v) is 11.8. The molecule has 0 atom stereocenters. The maximum atomic E-state index is 6.05. The van der Waals surface area contributed by atoms with Gasteiger partial charge in [-0.2, -0.15) is 0 Å². The van der Waals surface area contributed by atoms with Gasteiger partial charge in [-0.25, -0.2) is 0 Å². The van der Waals surface area contributed by atoms with Crippen LogP contribution in [0.1, 0.15) is 5.69 Å². The van der Waals surface area contributed by atoms with E-state index in [1.54, 1.807) is 0 Å². The van der Waals surface area contributed by atoms with E-state index < -0.39 is 0 Å². The number of aromatic nitrogens is 1. The Labute approximate surface area is 121 Å². The topological polar surface area (TPSA) is 12.9 Å². The molecule has 0 fully saturated rings. The lowest BCUT2D eigenvalue weighted by atomic mass is 10.1. The third-order valence-corrected chi connectivity index (χ3v) is 3.61. The van der Waals surface area contributed by atoms with Crippen molar-refractivity contribution in [3.8, 4) is 11.3 Å². The second-order valence-corrected chi connectivity index (χ2v) is 5.34. The zero-order valence-electron chi connectivity index (χ0n) is 10.3. The van der Waals surface area contributed by atoms with E-state index in [1.807, 2.05) is 49.4 Å². The first-order valence-electron chi connectivity index (χ1n) is 5.96. The van der Waals surface area contributed by atoms with E-state index in [1.165, 1.54) is 0 Å². The van der Waals surface area contributed by atoms with Gasteiger partial charge in [0.1, 0.15) is 0 Å². The van der Waals surface area contributed by atoms with E-state index in [0.717, 1.165) is 37.8 Å². The van der Waals surface area contributed by atoms with E-state index in [-0.39, 0.29) is 0 Å². The molecule has 1 nitrogen and oxygen atoms in total. The molecule has 2 aromatic carbocycles. The van der Waals surface area contributed by atoms with E-state index in [9.17, 15) is 0 Å². The van der Waals surface area contributed by atoms with Crippen LogP contribution < -0.4 is 0 Å². The molecule has 3 heteroatoms. The Morgan fingerprint density at radius 1 is 0.842 bits per heavy atom. The van der Waals surface area contributed by atoms with E-state index in [0.29, 0.717) is 0 Å². The number of halogens is 2. The van der Waals surface area contributed by atoms with Crippen LogP contribution in [0.2, 0.25) is 10.0 Å². The highest BCUT2D eigenvalue weighted by molar-refractivity contribution is 6.31. The first-order chi connectivity index (χ1) is 9.13. The van der Waals surface area contributed by atoms with Crippen molar-refractivity contribution in [2.45, 2.75) is 6.92 Å². The Balaban J connectivity index is 2.22. The van der Waals surface area contributed by atoms with Crippen LogP contribution in [0.25, 0.3) is 22.0 Å². The zero-order chi connectivity index (χ0) is 13.4. The summed E-state index contributed by atoms with van der Waals surface area (Å²) in [4.78, 5) is 4.64. The molecule has 0 unspecified atom stereocenters. The van der Waals surface area contributed by atoms with Crippen LogP contribution in [0.3, 0.4) is 0 Å². The van der Waals surface area contributed by atoms with Crippen LogP contribution in [0.15, 0.2) is 48.5 Å². The minimum Gasteiger partial charge on any atom is -0.252 e. The third-order valence-electron chi connectivity index (χ3n) is 3.12. The van der Waals surface area contributed by atoms with Crippen LogP contribution in [0.5, 0.6) is 0 Å². The van der Waals surface area contributed by atoms with Gasteiger partial charge >= 0.3 is 0 Å². The molecule has 1 aromatic heterocycles. The fourth-order valence-electron chi connectivity index (χ4n) is 2.17. The lowest BCUT2D eigenvalue weighted by molar-refractivity contribution is 1.24. The lowest BCUT2D eigenvalue weighted by Crippen LogP contribution is -1.89. The number of hydrogen-bond acceptors (Lipinski definition) is 1. The molecule has 0 radical (unpaired) electrons. The molecule has 0 aliphatic carbocycles. The number of fused-ring (bicyclic) bond motifs is 1. The molecule has 0 spiro atoms. The monoisotopic (exact) mass is 287 g/mol. The third kappa shape index (κ3) is 2.44. The summed E-state index contributed by atoms with van der Waals surface area (Å²) >= 11 is 12.0. The first kappa shape index (κ1) is 12.5. The normalized spacial score (nSPS) is 10.9. The van der Waals surface area contributed by atoms with Gasteiger partial charge in [0.2, 0.25) is 0 Å². The molecule has 0 aliphatic rings. The standard InChI is InChI=1S/C16H11Cl2N/c1-10-15-7-6-14(18)8-12(15)9-16(19-10)11-2-4-13(17)5-3-11/h2-9H,1H3. The summed E-state index contributed by atoms with van der Waals surface area (Å²) < 4.78 is 0. The molecule has 94 valence electrons. The number of benzene rings is 2. The lowest BCUT2D eigenvalue weighted by Gasteiger charge is -2.07. The summed E-state index contributed by atoms with van der Waals surface area (Å²) in [6, 6.07) is 15.6. The highest BCUT2D eigenvalue weighted by atomic mass is 35.5. The quantitative estimate of drug-likeness (QED) is 0.574. The number of aryl methyl sites for hydroxylation is 1. The van der Waals surface area contributed by atoms with E-state index in [2.05, 4.69) is 11.1 Å². The van der Waals surface area contributed by atoms with Crippen molar-refractivity contribution in [3.05, 3.63) is 64.3 Å². The molecule has 0 bridgehead atoms. The summed E-state index contributed by atoms with van der Waals surface area (Å²) in [6.45, 7) is 2.01. The Hall–Kier alpha value is -1.57. The maximum Gasteiger partial charge on any atom is 0.0711 e. The fourth-order valence-corrected chi connectivity index (χ4v) is 2.48. The van der Waals surface area contributed by atoms with Gasteiger partial charge in [0.15, 0.2) is 0 Å². The Kier molecular flexibility index (Phi) is 3.17. The summed E-state index contributed by atoms with van der Waals surface area (Å²) in [5.74, 6) is 0. The molecule has 0 saturated carbocycles. The fraction of sp³-hybridized carbons (Fsp3) is 0.0625. The van der Waals surface area contributed by atoms with E-state index in [4.69, 9.17) is 23.2 Å². The smallest absolute Gasteiger partial charge is 0.0711 e. The van der Waals surface area contributed by atoms with Crippen molar-refractivity contribution in [2.24, 2.45) is 0 Å². The number of rotatable bonds is 1. The van der Waals surface area contributed by atoms with Gasteiger partial charge in [-0.3, -0.25) is 4.98 Å². The van der Waals surface area contributed by atoms with Crippen molar-refractivity contribution in [3.63, 3.8) is 0 Å². The van der Waals surface area contributed by atoms with Gasteiger partial charge in [0, 0.05) is 26.7 Å². The summed E-state index contributed by atoms with van der Waals surface area (Å²) in [5, 5.41) is 3.69. The van der Waals surface area contributed by atoms with Crippen molar-refractivity contribution in [2.75, 3.05) is 0 Å². The van der Waals surface area contributed by atoms with Crippen molar-refractivity contribution in [1.29, 1.82) is 0 Å². The first-order valence-corrected chi connectivity index (χ1v) is 6.72. The molecule has 1 heterocycles. The van der Waals surface area contributed by atoms with Crippen LogP contribution >= 0.6 is 23.2 Å². The molecule has 3 aromatic rings. The van der Waals surface area contributed by atoms with Crippen molar-refractivity contribution >= 4 is 34.0 Å². The largest absolute Gasteiger partial charge is 0.252 e. The number of pyridine rings is 1. The Morgan fingerprint density at radius 3 is 2.26 bits per heavy atom. The molecule has 0 amide bonds.